The predicted octanol–water partition coefficient (Wildman–Crippen LogP) is 3.05. The van der Waals surface area contributed by atoms with E-state index in [1.165, 1.54) is 0 Å². The van der Waals surface area contributed by atoms with Gasteiger partial charge in [-0.15, -0.1) is 0 Å². The number of nitrogens with zero attached hydrogens (tertiary/aromatic N) is 2. The first-order valence-electron chi connectivity index (χ1n) is 6.97. The molecule has 0 amide bonds. The van der Waals surface area contributed by atoms with Crippen molar-refractivity contribution in [3.63, 3.8) is 0 Å². The van der Waals surface area contributed by atoms with Gasteiger partial charge >= 0.3 is 0 Å². The van der Waals surface area contributed by atoms with Crippen LogP contribution in [0.5, 0.6) is 5.75 Å². The van der Waals surface area contributed by atoms with Gasteiger partial charge in [0.1, 0.15) is 11.6 Å². The SMILES string of the molecule is COc1ccc(Br)c(CN(CCC(N)=NO)CC(C)C)c1. The van der Waals surface area contributed by atoms with Gasteiger partial charge in [0.15, 0.2) is 0 Å². The van der Waals surface area contributed by atoms with Crippen molar-refractivity contribution in [2.75, 3.05) is 20.2 Å². The summed E-state index contributed by atoms with van der Waals surface area (Å²) in [4.78, 5) is 2.29. The van der Waals surface area contributed by atoms with Gasteiger partial charge in [-0.05, 0) is 29.7 Å². The highest BCUT2D eigenvalue weighted by Gasteiger charge is 2.12. The summed E-state index contributed by atoms with van der Waals surface area (Å²) in [7, 11) is 1.66. The van der Waals surface area contributed by atoms with Crippen molar-refractivity contribution in [1.82, 2.24) is 4.90 Å². The van der Waals surface area contributed by atoms with E-state index in [4.69, 9.17) is 15.7 Å². The molecule has 0 fully saturated rings. The third kappa shape index (κ3) is 6.35. The van der Waals surface area contributed by atoms with Gasteiger partial charge in [0.2, 0.25) is 0 Å². The molecular weight excluding hydrogens is 334 g/mol. The summed E-state index contributed by atoms with van der Waals surface area (Å²) >= 11 is 3.58. The zero-order valence-corrected chi connectivity index (χ0v) is 14.4. The molecule has 3 N–H and O–H groups in total. The molecule has 0 aliphatic heterocycles. The first-order chi connectivity index (χ1) is 9.96. The fourth-order valence-corrected chi connectivity index (χ4v) is 2.49. The third-order valence-corrected chi connectivity index (χ3v) is 3.86. The van der Waals surface area contributed by atoms with E-state index in [-0.39, 0.29) is 5.84 Å². The number of nitrogens with two attached hydrogens (primary N) is 1. The lowest BCUT2D eigenvalue weighted by molar-refractivity contribution is 0.240. The maximum Gasteiger partial charge on any atom is 0.140 e. The standard InChI is InChI=1S/C15H24BrN3O2/c1-11(2)9-19(7-6-15(17)18-20)10-12-8-13(21-3)4-5-14(12)16/h4-5,8,11,20H,6-7,9-10H2,1-3H3,(H2,17,18). The van der Waals surface area contributed by atoms with Crippen molar-refractivity contribution in [2.45, 2.75) is 26.8 Å². The van der Waals surface area contributed by atoms with E-state index < -0.39 is 0 Å². The lowest BCUT2D eigenvalue weighted by atomic mass is 10.1. The second kappa shape index (κ2) is 8.89. The van der Waals surface area contributed by atoms with Crippen molar-refractivity contribution >= 4 is 21.8 Å². The average Bonchev–Trinajstić information content (AvgIpc) is 2.46. The first kappa shape index (κ1) is 17.8. The van der Waals surface area contributed by atoms with Crippen molar-refractivity contribution in [2.24, 2.45) is 16.8 Å². The molecule has 0 aliphatic rings. The number of benzene rings is 1. The molecule has 0 radical (unpaired) electrons. The Morgan fingerprint density at radius 2 is 2.19 bits per heavy atom. The van der Waals surface area contributed by atoms with Crippen LogP contribution in [-0.4, -0.2) is 36.1 Å². The summed E-state index contributed by atoms with van der Waals surface area (Å²) in [6, 6.07) is 5.95. The number of hydrogen-bond acceptors (Lipinski definition) is 4. The maximum absolute atomic E-state index is 8.65. The molecule has 0 bridgehead atoms. The Kier molecular flexibility index (Phi) is 7.53. The van der Waals surface area contributed by atoms with Gasteiger partial charge in [0, 0.05) is 30.5 Å². The lowest BCUT2D eigenvalue weighted by Gasteiger charge is -2.24. The minimum absolute atomic E-state index is 0.258. The molecule has 0 saturated carbocycles. The van der Waals surface area contributed by atoms with Crippen LogP contribution in [0.15, 0.2) is 27.8 Å². The molecule has 5 nitrogen and oxygen atoms in total. The van der Waals surface area contributed by atoms with Gasteiger partial charge in [-0.2, -0.15) is 0 Å². The number of hydrogen-bond donors (Lipinski definition) is 2. The lowest BCUT2D eigenvalue weighted by Crippen LogP contribution is -2.31. The molecule has 0 aliphatic carbocycles. The fourth-order valence-electron chi connectivity index (χ4n) is 2.11. The summed E-state index contributed by atoms with van der Waals surface area (Å²) in [5, 5.41) is 11.7. The van der Waals surface area contributed by atoms with Crippen LogP contribution in [0, 0.1) is 5.92 Å². The summed E-state index contributed by atoms with van der Waals surface area (Å²) < 4.78 is 6.33. The summed E-state index contributed by atoms with van der Waals surface area (Å²) in [5.41, 5.74) is 6.73. The number of ether oxygens (including phenoxy) is 1. The Bertz CT molecular complexity index is 478. The quantitative estimate of drug-likeness (QED) is 0.324. The van der Waals surface area contributed by atoms with E-state index in [0.29, 0.717) is 12.3 Å². The number of methoxy groups -OCH3 is 1. The smallest absolute Gasteiger partial charge is 0.140 e. The summed E-state index contributed by atoms with van der Waals surface area (Å²) in [5.74, 6) is 1.64. The molecule has 6 heteroatoms. The van der Waals surface area contributed by atoms with Crippen molar-refractivity contribution in [3.05, 3.63) is 28.2 Å². The molecule has 1 aromatic rings. The second-order valence-corrected chi connectivity index (χ2v) is 6.28. The van der Waals surface area contributed by atoms with Crippen LogP contribution in [0.25, 0.3) is 0 Å². The first-order valence-corrected chi connectivity index (χ1v) is 7.76. The zero-order chi connectivity index (χ0) is 15.8. The molecular formula is C15H24BrN3O2. The van der Waals surface area contributed by atoms with Gasteiger partial charge in [0.05, 0.1) is 7.11 Å². The topological polar surface area (TPSA) is 71.1 Å². The Labute approximate surface area is 134 Å². The number of rotatable bonds is 8. The molecule has 0 unspecified atom stereocenters. The molecule has 118 valence electrons. The number of oxime groups is 1. The van der Waals surface area contributed by atoms with Crippen molar-refractivity contribution in [1.29, 1.82) is 0 Å². The molecule has 1 aromatic carbocycles. The van der Waals surface area contributed by atoms with E-state index in [1.54, 1.807) is 7.11 Å². The highest BCUT2D eigenvalue weighted by atomic mass is 79.9. The second-order valence-electron chi connectivity index (χ2n) is 5.43. The molecule has 0 spiro atoms. The van der Waals surface area contributed by atoms with Crippen LogP contribution in [0.2, 0.25) is 0 Å². The van der Waals surface area contributed by atoms with Gasteiger partial charge in [-0.1, -0.05) is 34.9 Å². The van der Waals surface area contributed by atoms with E-state index >= 15 is 0 Å². The van der Waals surface area contributed by atoms with E-state index in [2.05, 4.69) is 39.8 Å². The molecule has 0 aromatic heterocycles. The Morgan fingerprint density at radius 1 is 1.48 bits per heavy atom. The fraction of sp³-hybridized carbons (Fsp3) is 0.533. The van der Waals surface area contributed by atoms with Crippen LogP contribution in [0.1, 0.15) is 25.8 Å². The summed E-state index contributed by atoms with van der Waals surface area (Å²) in [6.07, 6.45) is 0.546. The van der Waals surface area contributed by atoms with E-state index in [9.17, 15) is 0 Å². The predicted molar refractivity (Wildman–Crippen MR) is 88.8 cm³/mol. The largest absolute Gasteiger partial charge is 0.497 e. The van der Waals surface area contributed by atoms with Crippen LogP contribution >= 0.6 is 15.9 Å². The van der Waals surface area contributed by atoms with Gasteiger partial charge in [-0.3, -0.25) is 4.90 Å². The maximum atomic E-state index is 8.65. The van der Waals surface area contributed by atoms with Gasteiger partial charge in [0.25, 0.3) is 0 Å². The normalized spacial score (nSPS) is 12.2. The van der Waals surface area contributed by atoms with Crippen molar-refractivity contribution < 1.29 is 9.94 Å². The monoisotopic (exact) mass is 357 g/mol. The highest BCUT2D eigenvalue weighted by molar-refractivity contribution is 9.10. The Balaban J connectivity index is 2.79. The zero-order valence-electron chi connectivity index (χ0n) is 12.8. The van der Waals surface area contributed by atoms with Crippen molar-refractivity contribution in [3.8, 4) is 5.75 Å². The van der Waals surface area contributed by atoms with Crippen LogP contribution < -0.4 is 10.5 Å². The molecule has 0 saturated heterocycles. The third-order valence-electron chi connectivity index (χ3n) is 3.08. The van der Waals surface area contributed by atoms with Crippen LogP contribution in [0.4, 0.5) is 0 Å². The minimum atomic E-state index is 0.258. The number of halogens is 1. The molecule has 0 heterocycles. The molecule has 0 atom stereocenters. The average molecular weight is 358 g/mol. The van der Waals surface area contributed by atoms with Crippen LogP contribution in [0.3, 0.4) is 0 Å². The Morgan fingerprint density at radius 3 is 2.76 bits per heavy atom. The Hall–Kier alpha value is -1.27. The van der Waals surface area contributed by atoms with Crippen LogP contribution in [-0.2, 0) is 6.54 Å². The van der Waals surface area contributed by atoms with Gasteiger partial charge < -0.3 is 15.7 Å². The van der Waals surface area contributed by atoms with E-state index in [1.807, 2.05) is 18.2 Å². The minimum Gasteiger partial charge on any atom is -0.497 e. The molecule has 1 rings (SSSR count). The van der Waals surface area contributed by atoms with E-state index in [0.717, 1.165) is 35.4 Å². The summed E-state index contributed by atoms with van der Waals surface area (Å²) in [6.45, 7) is 6.84. The number of amidine groups is 1. The van der Waals surface area contributed by atoms with Gasteiger partial charge in [-0.25, -0.2) is 0 Å². The molecule has 21 heavy (non-hydrogen) atoms. The highest BCUT2D eigenvalue weighted by Crippen LogP contribution is 2.24.